The van der Waals surface area contributed by atoms with Gasteiger partial charge in [-0.2, -0.15) is 0 Å². The van der Waals surface area contributed by atoms with E-state index >= 15 is 0 Å². The predicted molar refractivity (Wildman–Crippen MR) is 37.1 cm³/mol. The minimum atomic E-state index is -0.160. The van der Waals surface area contributed by atoms with E-state index < -0.39 is 0 Å². The molecule has 0 aliphatic rings. The molecule has 48 valence electrons. The van der Waals surface area contributed by atoms with E-state index in [0.717, 1.165) is 0 Å². The summed E-state index contributed by atoms with van der Waals surface area (Å²) >= 11 is 16.2. The summed E-state index contributed by atoms with van der Waals surface area (Å²) in [6, 6.07) is 0. The Hall–Kier alpha value is -0.0500. The van der Waals surface area contributed by atoms with Gasteiger partial charge in [0.15, 0.2) is 5.15 Å². The molecule has 1 rings (SSSR count). The first-order valence-corrected chi connectivity index (χ1v) is 3.10. The van der Waals surface area contributed by atoms with Gasteiger partial charge in [-0.05, 0) is 11.6 Å². The fourth-order valence-corrected chi connectivity index (χ4v) is 0.673. The van der Waals surface area contributed by atoms with Crippen LogP contribution in [0, 0.1) is 0 Å². The monoisotopic (exact) mass is 183 g/mol. The van der Waals surface area contributed by atoms with Crippen LogP contribution in [0.4, 0.5) is 0 Å². The van der Waals surface area contributed by atoms with Gasteiger partial charge in [0.2, 0.25) is 5.28 Å². The SMILES string of the molecule is [2H]c1nc(Cl)nc(Cl)c1Cl. The van der Waals surface area contributed by atoms with Crippen LogP contribution in [-0.2, 0) is 0 Å². The summed E-state index contributed by atoms with van der Waals surface area (Å²) < 4.78 is 7.05. The lowest BCUT2D eigenvalue weighted by atomic mass is 10.7. The van der Waals surface area contributed by atoms with E-state index in [1.165, 1.54) is 0 Å². The average Bonchev–Trinajstić information content (AvgIpc) is 1.82. The number of nitrogens with zero attached hydrogens (tertiary/aromatic N) is 2. The third-order valence-electron chi connectivity index (χ3n) is 0.618. The molecule has 0 spiro atoms. The standard InChI is InChI=1S/C4HCl3N2/c5-2-1-8-4(7)9-3(2)6/h1H/i1D. The van der Waals surface area contributed by atoms with Gasteiger partial charge in [0.1, 0.15) is 0 Å². The van der Waals surface area contributed by atoms with Gasteiger partial charge in [-0.3, -0.25) is 0 Å². The molecular formula is C4HCl3N2. The van der Waals surface area contributed by atoms with Crippen molar-refractivity contribution in [1.29, 1.82) is 0 Å². The average molecular weight is 184 g/mol. The molecule has 0 aromatic carbocycles. The van der Waals surface area contributed by atoms with Crippen molar-refractivity contribution in [2.24, 2.45) is 0 Å². The lowest BCUT2D eigenvalue weighted by molar-refractivity contribution is 1.17. The Balaban J connectivity index is 3.31. The van der Waals surface area contributed by atoms with Crippen LogP contribution in [0.1, 0.15) is 1.37 Å². The van der Waals surface area contributed by atoms with Crippen LogP contribution in [-0.4, -0.2) is 9.97 Å². The number of hydrogen-bond acceptors (Lipinski definition) is 2. The molecular weight excluding hydrogens is 182 g/mol. The number of aromatic nitrogens is 2. The molecule has 0 saturated carbocycles. The molecule has 0 atom stereocenters. The molecule has 1 aromatic rings. The Morgan fingerprint density at radius 1 is 1.44 bits per heavy atom. The highest BCUT2D eigenvalue weighted by Gasteiger charge is 1.98. The van der Waals surface area contributed by atoms with Crippen molar-refractivity contribution in [3.63, 3.8) is 0 Å². The predicted octanol–water partition coefficient (Wildman–Crippen LogP) is 2.44. The molecule has 0 aliphatic carbocycles. The topological polar surface area (TPSA) is 25.8 Å². The second-order valence-corrected chi connectivity index (χ2v) is 2.28. The molecule has 0 unspecified atom stereocenters. The van der Waals surface area contributed by atoms with E-state index in [-0.39, 0.29) is 21.6 Å². The van der Waals surface area contributed by atoms with Crippen LogP contribution in [0.2, 0.25) is 15.5 Å². The normalized spacial score (nSPS) is 11.2. The Kier molecular flexibility index (Phi) is 1.71. The summed E-state index contributed by atoms with van der Waals surface area (Å²) in [5, 5.41) is -0.0443. The van der Waals surface area contributed by atoms with Crippen LogP contribution in [0.25, 0.3) is 0 Å². The molecule has 2 nitrogen and oxygen atoms in total. The Morgan fingerprint density at radius 3 is 2.67 bits per heavy atom. The van der Waals surface area contributed by atoms with E-state index in [1.54, 1.807) is 0 Å². The van der Waals surface area contributed by atoms with E-state index in [0.29, 0.717) is 0 Å². The maximum atomic E-state index is 7.05. The van der Waals surface area contributed by atoms with E-state index in [4.69, 9.17) is 36.2 Å². The molecule has 0 amide bonds. The van der Waals surface area contributed by atoms with Gasteiger partial charge in [0.05, 0.1) is 12.6 Å². The first-order valence-electron chi connectivity index (χ1n) is 2.46. The van der Waals surface area contributed by atoms with Crippen LogP contribution >= 0.6 is 34.8 Å². The van der Waals surface area contributed by atoms with Crippen molar-refractivity contribution in [2.75, 3.05) is 0 Å². The summed E-state index contributed by atoms with van der Waals surface area (Å²) in [5.41, 5.74) is 0. The van der Waals surface area contributed by atoms with Crippen molar-refractivity contribution in [2.45, 2.75) is 0 Å². The maximum Gasteiger partial charge on any atom is 0.223 e. The number of halogens is 3. The lowest BCUT2D eigenvalue weighted by Crippen LogP contribution is -1.81. The molecule has 0 N–H and O–H groups in total. The Morgan fingerprint density at radius 2 is 2.11 bits per heavy atom. The van der Waals surface area contributed by atoms with Crippen LogP contribution in [0.5, 0.6) is 0 Å². The van der Waals surface area contributed by atoms with Crippen molar-refractivity contribution < 1.29 is 1.37 Å². The summed E-state index contributed by atoms with van der Waals surface area (Å²) in [5.74, 6) is 0. The third-order valence-corrected chi connectivity index (χ3v) is 1.42. The fraction of sp³-hybridized carbons (Fsp3) is 0. The van der Waals surface area contributed by atoms with Crippen molar-refractivity contribution >= 4 is 34.8 Å². The van der Waals surface area contributed by atoms with E-state index in [9.17, 15) is 0 Å². The largest absolute Gasteiger partial charge is 0.225 e. The smallest absolute Gasteiger partial charge is 0.223 e. The minimum Gasteiger partial charge on any atom is -0.225 e. The molecule has 1 heterocycles. The highest BCUT2D eigenvalue weighted by atomic mass is 35.5. The highest BCUT2D eigenvalue weighted by Crippen LogP contribution is 2.18. The number of hydrogen-bond donors (Lipinski definition) is 0. The van der Waals surface area contributed by atoms with Crippen molar-refractivity contribution in [3.05, 3.63) is 21.6 Å². The first kappa shape index (κ1) is 5.71. The summed E-state index contributed by atoms with van der Waals surface area (Å²) in [6.07, 6.45) is -0.160. The van der Waals surface area contributed by atoms with Gasteiger partial charge in [-0.25, -0.2) is 9.97 Å². The third kappa shape index (κ3) is 1.68. The summed E-state index contributed by atoms with van der Waals surface area (Å²) in [4.78, 5) is 6.94. The second kappa shape index (κ2) is 2.69. The Labute approximate surface area is 68.2 Å². The summed E-state index contributed by atoms with van der Waals surface area (Å²) in [7, 11) is 0. The molecule has 0 bridgehead atoms. The lowest BCUT2D eigenvalue weighted by Gasteiger charge is -1.90. The van der Waals surface area contributed by atoms with Gasteiger partial charge >= 0.3 is 0 Å². The van der Waals surface area contributed by atoms with Crippen LogP contribution in [0.3, 0.4) is 0 Å². The highest BCUT2D eigenvalue weighted by molar-refractivity contribution is 6.41. The van der Waals surface area contributed by atoms with Gasteiger partial charge in [0, 0.05) is 0 Å². The zero-order valence-electron chi connectivity index (χ0n) is 5.03. The summed E-state index contributed by atoms with van der Waals surface area (Å²) in [6.45, 7) is 0. The fourth-order valence-electron chi connectivity index (χ4n) is 0.296. The molecule has 9 heavy (non-hydrogen) atoms. The first-order chi connectivity index (χ1) is 4.61. The maximum absolute atomic E-state index is 7.05. The molecule has 1 aromatic heterocycles. The zero-order valence-corrected chi connectivity index (χ0v) is 6.30. The van der Waals surface area contributed by atoms with Crippen molar-refractivity contribution in [1.82, 2.24) is 9.97 Å². The Bertz CT molecular complexity index is 242. The molecule has 0 aliphatic heterocycles. The van der Waals surface area contributed by atoms with E-state index in [2.05, 4.69) is 9.97 Å². The van der Waals surface area contributed by atoms with Crippen LogP contribution < -0.4 is 0 Å². The minimum absolute atomic E-state index is 0.00617. The number of rotatable bonds is 0. The van der Waals surface area contributed by atoms with E-state index in [1.807, 2.05) is 0 Å². The van der Waals surface area contributed by atoms with Crippen molar-refractivity contribution in [3.8, 4) is 0 Å². The van der Waals surface area contributed by atoms with Gasteiger partial charge in [-0.1, -0.05) is 23.2 Å². The quantitative estimate of drug-likeness (QED) is 0.457. The molecule has 5 heteroatoms. The van der Waals surface area contributed by atoms with Gasteiger partial charge in [0.25, 0.3) is 0 Å². The molecule has 0 saturated heterocycles. The molecule has 0 fully saturated rings. The van der Waals surface area contributed by atoms with Gasteiger partial charge < -0.3 is 0 Å². The molecule has 0 radical (unpaired) electrons. The van der Waals surface area contributed by atoms with Gasteiger partial charge in [-0.15, -0.1) is 0 Å². The zero-order chi connectivity index (χ0) is 7.72. The van der Waals surface area contributed by atoms with Crippen LogP contribution in [0.15, 0.2) is 6.17 Å². The second-order valence-electron chi connectivity index (χ2n) is 1.21.